The van der Waals surface area contributed by atoms with E-state index in [-0.39, 0.29) is 53.8 Å². The minimum Gasteiger partial charge on any atom is -0.493 e. The van der Waals surface area contributed by atoms with Crippen LogP contribution in [0.3, 0.4) is 0 Å². The Hall–Kier alpha value is -10.0. The van der Waals surface area contributed by atoms with Crippen LogP contribution in [0.5, 0.6) is 17.2 Å². The first-order valence-corrected chi connectivity index (χ1v) is 34.4. The Morgan fingerprint density at radius 3 is 0.708 bits per heavy atom. The highest BCUT2D eigenvalue weighted by Crippen LogP contribution is 2.42. The van der Waals surface area contributed by atoms with Gasteiger partial charge in [0.25, 0.3) is 32.6 Å². The van der Waals surface area contributed by atoms with Gasteiger partial charge in [0.2, 0.25) is 0 Å². The summed E-state index contributed by atoms with van der Waals surface area (Å²) in [5.41, 5.74) is 11.9. The van der Waals surface area contributed by atoms with Gasteiger partial charge in [-0.3, -0.25) is 28.8 Å². The summed E-state index contributed by atoms with van der Waals surface area (Å²) in [6.45, 7) is 16.0. The van der Waals surface area contributed by atoms with Crippen LogP contribution in [0.25, 0.3) is 33.4 Å². The van der Waals surface area contributed by atoms with Gasteiger partial charge in [-0.25, -0.2) is 0 Å². The van der Waals surface area contributed by atoms with E-state index in [1.807, 2.05) is 91.0 Å². The molecule has 0 aliphatic carbocycles. The fourth-order valence-corrected chi connectivity index (χ4v) is 12.3. The Morgan fingerprint density at radius 2 is 0.479 bits per heavy atom. The van der Waals surface area contributed by atoms with Gasteiger partial charge in [0.1, 0.15) is 51.4 Å². The molecule has 0 spiro atoms. The largest absolute Gasteiger partial charge is 0.493 e. The fraction of sp³-hybridized carbons (Fsp3) is 0.333. The molecule has 10 aromatic carbocycles. The topological polar surface area (TPSA) is 202 Å². The minimum atomic E-state index is -0.576. The van der Waals surface area contributed by atoms with Gasteiger partial charge >= 0.3 is 0 Å². The van der Waals surface area contributed by atoms with E-state index in [1.54, 1.807) is 0 Å². The van der Waals surface area contributed by atoms with Crippen molar-refractivity contribution in [3.05, 3.63) is 257 Å². The van der Waals surface area contributed by atoms with Crippen molar-refractivity contribution in [2.75, 3.05) is 51.7 Å². The molecule has 498 valence electrons. The number of nitrogens with one attached hydrogen (secondary N) is 6. The van der Waals surface area contributed by atoms with E-state index in [4.69, 9.17) is 14.2 Å². The van der Waals surface area contributed by atoms with Gasteiger partial charge < -0.3 is 46.1 Å². The molecule has 0 aliphatic heterocycles. The number of anilines is 6. The Kier molecular flexibility index (Phi) is 23.9. The SMILES string of the molecule is CCCCOc1c(CCC)cc(-c2cc(-c3cc(CCC)c(OCCCC)c(CNc4c(NCc5ccccc5)c(=O)c4=O)c3)cc(-c3cc(CCC)c(OCCCC)c(CNc4c(NCc5ccccc5)c(=O)c4=O)c3)c2)cc1CNc1c(NCc2ccccc2)c(=O)c1=O. The second-order valence-corrected chi connectivity index (χ2v) is 24.8. The summed E-state index contributed by atoms with van der Waals surface area (Å²) in [4.78, 5) is 79.9. The summed E-state index contributed by atoms with van der Waals surface area (Å²) >= 11 is 0. The maximum Gasteiger partial charge on any atom is 0.253 e. The summed E-state index contributed by atoms with van der Waals surface area (Å²) in [5.74, 6) is 2.24. The zero-order valence-corrected chi connectivity index (χ0v) is 56.4. The maximum absolute atomic E-state index is 13.4. The van der Waals surface area contributed by atoms with Crippen molar-refractivity contribution >= 4 is 34.1 Å². The number of aryl methyl sites for hydroxylation is 3. The lowest BCUT2D eigenvalue weighted by Crippen LogP contribution is -2.37. The predicted molar refractivity (Wildman–Crippen MR) is 393 cm³/mol. The molecule has 10 rings (SSSR count). The molecule has 15 heteroatoms. The molecule has 96 heavy (non-hydrogen) atoms. The van der Waals surface area contributed by atoms with E-state index in [0.29, 0.717) is 58.7 Å². The predicted octanol–water partition coefficient (Wildman–Crippen LogP) is 15.5. The van der Waals surface area contributed by atoms with E-state index in [1.165, 1.54) is 0 Å². The number of hydrogen-bond donors (Lipinski definition) is 6. The summed E-state index contributed by atoms with van der Waals surface area (Å²) in [6.07, 6.45) is 9.91. The van der Waals surface area contributed by atoms with Crippen LogP contribution in [0.2, 0.25) is 0 Å². The number of ether oxygens (including phenoxy) is 3. The van der Waals surface area contributed by atoms with Gasteiger partial charge in [-0.1, -0.05) is 171 Å². The summed E-state index contributed by atoms with van der Waals surface area (Å²) in [5, 5.41) is 19.9. The molecule has 6 N–H and O–H groups in total. The minimum absolute atomic E-state index is 0.192. The van der Waals surface area contributed by atoms with Crippen LogP contribution in [0.1, 0.15) is 149 Å². The molecule has 10 aromatic rings. The third-order valence-corrected chi connectivity index (χ3v) is 17.5. The first kappa shape index (κ1) is 68.8. The van der Waals surface area contributed by atoms with Crippen LogP contribution in [0.4, 0.5) is 34.1 Å². The van der Waals surface area contributed by atoms with Crippen LogP contribution in [0.15, 0.2) is 174 Å². The lowest BCUT2D eigenvalue weighted by Gasteiger charge is -2.22. The Balaban J connectivity index is 1.13. The molecule has 0 radical (unpaired) electrons. The monoisotopic (exact) mass is 1290 g/mol. The summed E-state index contributed by atoms with van der Waals surface area (Å²) < 4.78 is 20.3. The number of unbranched alkanes of at least 4 members (excludes halogenated alkanes) is 3. The lowest BCUT2D eigenvalue weighted by atomic mass is 9.88. The highest BCUT2D eigenvalue weighted by atomic mass is 16.5. The van der Waals surface area contributed by atoms with E-state index in [9.17, 15) is 28.8 Å². The number of hydrogen-bond acceptors (Lipinski definition) is 15. The second kappa shape index (κ2) is 33.4. The van der Waals surface area contributed by atoms with E-state index < -0.39 is 32.6 Å². The quantitative estimate of drug-likeness (QED) is 0.0157. The molecule has 15 nitrogen and oxygen atoms in total. The Labute approximate surface area is 562 Å². The van der Waals surface area contributed by atoms with Crippen LogP contribution in [0, 0.1) is 0 Å². The molecule has 0 aliphatic rings. The van der Waals surface area contributed by atoms with Crippen LogP contribution in [-0.2, 0) is 58.5 Å². The maximum atomic E-state index is 13.4. The molecule has 0 fully saturated rings. The fourth-order valence-electron chi connectivity index (χ4n) is 12.3. The van der Waals surface area contributed by atoms with Crippen molar-refractivity contribution in [2.45, 2.75) is 158 Å². The standard InChI is InChI=1S/C81H90N6O9/c1-7-13-34-94-79-55(25-10-4)37-58(43-64(79)49-85-70-67(73(88)76(70)91)82-46-52-28-19-16-20-29-52)61-40-62(59-38-56(26-11-5)80(95-35-14-8-2)65(44-59)50-86-71-68(74(89)77(71)92)83-47-53-30-21-17-22-31-53)42-63(41-61)60-39-57(27-12-6)81(96-36-15-9-3)66(45-60)51-87-72-69(75(90)78(72)93)84-48-54-32-23-18-24-33-54/h16-24,28-33,37-45,82-87H,7-15,25-27,34-36,46-51H2,1-6H3. The van der Waals surface area contributed by atoms with Crippen LogP contribution in [-0.4, -0.2) is 19.8 Å². The molecule has 0 atom stereocenters. The van der Waals surface area contributed by atoms with E-state index in [0.717, 1.165) is 158 Å². The van der Waals surface area contributed by atoms with Crippen molar-refractivity contribution < 1.29 is 14.2 Å². The van der Waals surface area contributed by atoms with Gasteiger partial charge in [0.05, 0.1) is 19.8 Å². The van der Waals surface area contributed by atoms with Gasteiger partial charge in [0.15, 0.2) is 0 Å². The molecule has 0 aromatic heterocycles. The normalized spacial score (nSPS) is 11.3. The molecular weight excluding hydrogens is 1200 g/mol. The lowest BCUT2D eigenvalue weighted by molar-refractivity contribution is 0.303. The van der Waals surface area contributed by atoms with E-state index in [2.05, 4.69) is 128 Å². The first-order valence-electron chi connectivity index (χ1n) is 34.4. The third kappa shape index (κ3) is 16.4. The van der Waals surface area contributed by atoms with Gasteiger partial charge in [-0.05, 0) is 160 Å². The number of rotatable bonds is 39. The van der Waals surface area contributed by atoms with Crippen molar-refractivity contribution in [1.82, 2.24) is 0 Å². The Bertz CT molecular complexity index is 4020. The average molecular weight is 1290 g/mol. The van der Waals surface area contributed by atoms with Gasteiger partial charge in [-0.2, -0.15) is 0 Å². The van der Waals surface area contributed by atoms with E-state index >= 15 is 0 Å². The zero-order chi connectivity index (χ0) is 67.5. The number of benzene rings is 7. The highest BCUT2D eigenvalue weighted by Gasteiger charge is 2.27. The van der Waals surface area contributed by atoms with Gasteiger partial charge in [-0.15, -0.1) is 0 Å². The third-order valence-electron chi connectivity index (χ3n) is 17.5. The highest BCUT2D eigenvalue weighted by molar-refractivity contribution is 5.84. The molecule has 0 unspecified atom stereocenters. The molecule has 0 amide bonds. The van der Waals surface area contributed by atoms with Gasteiger partial charge in [0, 0.05) is 56.0 Å². The first-order chi connectivity index (χ1) is 46.9. The van der Waals surface area contributed by atoms with Crippen molar-refractivity contribution in [3.8, 4) is 50.6 Å². The molecule has 0 saturated heterocycles. The molecule has 0 saturated carbocycles. The Morgan fingerprint density at radius 1 is 0.260 bits per heavy atom. The molecule has 0 bridgehead atoms. The van der Waals surface area contributed by atoms with Crippen molar-refractivity contribution in [2.24, 2.45) is 0 Å². The average Bonchev–Trinajstić information content (AvgIpc) is 0.794. The summed E-state index contributed by atoms with van der Waals surface area (Å²) in [7, 11) is 0. The van der Waals surface area contributed by atoms with Crippen LogP contribution >= 0.6 is 0 Å². The van der Waals surface area contributed by atoms with Crippen molar-refractivity contribution in [1.29, 1.82) is 0 Å². The zero-order valence-electron chi connectivity index (χ0n) is 56.4. The summed E-state index contributed by atoms with van der Waals surface area (Å²) in [6, 6.07) is 48.9. The molecule has 0 heterocycles. The van der Waals surface area contributed by atoms with Crippen molar-refractivity contribution in [3.63, 3.8) is 0 Å². The molecular formula is C81H90N6O9. The second-order valence-electron chi connectivity index (χ2n) is 24.8. The smallest absolute Gasteiger partial charge is 0.253 e. The van der Waals surface area contributed by atoms with Crippen LogP contribution < -0.4 is 78.7 Å².